The number of pyridine rings is 2. The highest BCUT2D eigenvalue weighted by molar-refractivity contribution is 7.91. The van der Waals surface area contributed by atoms with Gasteiger partial charge in [0.15, 0.2) is 9.84 Å². The van der Waals surface area contributed by atoms with E-state index in [2.05, 4.69) is 9.97 Å². The van der Waals surface area contributed by atoms with Gasteiger partial charge >= 0.3 is 0 Å². The highest BCUT2D eigenvalue weighted by Gasteiger charge is 2.19. The van der Waals surface area contributed by atoms with Gasteiger partial charge in [-0.1, -0.05) is 49.4 Å². The number of nitrogens with one attached hydrogen (secondary N) is 1. The van der Waals surface area contributed by atoms with E-state index in [9.17, 15) is 13.2 Å². The maximum atomic E-state index is 13.5. The lowest BCUT2D eigenvalue weighted by atomic mass is 10.0. The first-order valence-electron chi connectivity index (χ1n) is 10.8. The minimum absolute atomic E-state index is 0.0234. The molecule has 0 bridgehead atoms. The average molecular weight is 458 g/mol. The molecule has 166 valence electrons. The van der Waals surface area contributed by atoms with Gasteiger partial charge in [0.05, 0.1) is 17.2 Å². The molecule has 33 heavy (non-hydrogen) atoms. The van der Waals surface area contributed by atoms with Gasteiger partial charge < -0.3 is 9.55 Å². The van der Waals surface area contributed by atoms with Crippen molar-refractivity contribution in [2.45, 2.75) is 25.3 Å². The molecule has 0 saturated heterocycles. The first-order chi connectivity index (χ1) is 15.9. The molecule has 3 aromatic heterocycles. The fraction of sp³-hybridized carbons (Fsp3) is 0.154. The van der Waals surface area contributed by atoms with Crippen LogP contribution in [0.1, 0.15) is 18.1 Å². The van der Waals surface area contributed by atoms with E-state index < -0.39 is 9.84 Å². The summed E-state index contributed by atoms with van der Waals surface area (Å²) >= 11 is 0. The van der Waals surface area contributed by atoms with Crippen LogP contribution in [0.2, 0.25) is 0 Å². The van der Waals surface area contributed by atoms with E-state index >= 15 is 0 Å². The Morgan fingerprint density at radius 1 is 1.03 bits per heavy atom. The lowest BCUT2D eigenvalue weighted by Crippen LogP contribution is -2.21. The van der Waals surface area contributed by atoms with Crippen molar-refractivity contribution in [3.05, 3.63) is 94.5 Å². The number of aromatic amines is 1. The van der Waals surface area contributed by atoms with Crippen molar-refractivity contribution in [3.63, 3.8) is 0 Å². The maximum absolute atomic E-state index is 13.5. The molecule has 1 N–H and O–H groups in total. The van der Waals surface area contributed by atoms with Gasteiger partial charge in [0.2, 0.25) is 0 Å². The molecule has 5 aromatic rings. The smallest absolute Gasteiger partial charge is 0.275 e. The molecule has 0 saturated carbocycles. The molecule has 0 amide bonds. The van der Waals surface area contributed by atoms with Crippen LogP contribution in [0.4, 0.5) is 0 Å². The number of hydrogen-bond acceptors (Lipinski definition) is 4. The van der Waals surface area contributed by atoms with Crippen molar-refractivity contribution in [2.24, 2.45) is 0 Å². The molecule has 0 atom stereocenters. The minimum atomic E-state index is -3.37. The fourth-order valence-electron chi connectivity index (χ4n) is 4.18. The van der Waals surface area contributed by atoms with Crippen molar-refractivity contribution in [1.29, 1.82) is 0 Å². The Hall–Kier alpha value is -3.71. The highest BCUT2D eigenvalue weighted by Crippen LogP contribution is 2.34. The number of nitrogens with zero attached hydrogens (tertiary/aromatic N) is 2. The van der Waals surface area contributed by atoms with Crippen molar-refractivity contribution >= 4 is 31.8 Å². The number of hydrogen-bond donors (Lipinski definition) is 1. The van der Waals surface area contributed by atoms with E-state index in [4.69, 9.17) is 0 Å². The van der Waals surface area contributed by atoms with Gasteiger partial charge in [0.1, 0.15) is 11.2 Å². The third kappa shape index (κ3) is 3.74. The molecule has 7 heteroatoms. The van der Waals surface area contributed by atoms with Crippen LogP contribution in [0.15, 0.2) is 82.7 Å². The normalized spacial score (nSPS) is 11.9. The molecule has 0 aliphatic heterocycles. The van der Waals surface area contributed by atoms with Crippen LogP contribution in [-0.2, 0) is 16.4 Å². The van der Waals surface area contributed by atoms with E-state index in [0.717, 1.165) is 33.0 Å². The molecule has 0 spiro atoms. The Morgan fingerprint density at radius 3 is 2.58 bits per heavy atom. The summed E-state index contributed by atoms with van der Waals surface area (Å²) in [5.74, 6) is 0.0234. The molecule has 6 nitrogen and oxygen atoms in total. The Morgan fingerprint density at radius 2 is 1.82 bits per heavy atom. The summed E-state index contributed by atoms with van der Waals surface area (Å²) in [7, 11) is -3.37. The SMILES string of the molecule is CCS(=O)(=O)c1cccc(-c2cn(Cc3ccccc3)c(=O)c3[nH]c4ncc(C)cc4c23)c1. The summed E-state index contributed by atoms with van der Waals surface area (Å²) < 4.78 is 26.8. The Labute approximate surface area is 191 Å². The largest absolute Gasteiger partial charge is 0.335 e. The third-order valence-electron chi connectivity index (χ3n) is 5.90. The van der Waals surface area contributed by atoms with Crippen LogP contribution in [0, 0.1) is 6.92 Å². The average Bonchev–Trinajstić information content (AvgIpc) is 3.21. The molecule has 3 heterocycles. The lowest BCUT2D eigenvalue weighted by Gasteiger charge is -2.12. The predicted molar refractivity (Wildman–Crippen MR) is 131 cm³/mol. The van der Waals surface area contributed by atoms with Gasteiger partial charge in [-0.05, 0) is 41.8 Å². The molecule has 0 aliphatic rings. The first-order valence-corrected chi connectivity index (χ1v) is 12.4. The van der Waals surface area contributed by atoms with Gasteiger partial charge in [-0.2, -0.15) is 0 Å². The lowest BCUT2D eigenvalue weighted by molar-refractivity contribution is 0.597. The van der Waals surface area contributed by atoms with Gasteiger partial charge in [-0.3, -0.25) is 4.79 Å². The van der Waals surface area contributed by atoms with Gasteiger partial charge in [-0.15, -0.1) is 0 Å². The van der Waals surface area contributed by atoms with Crippen molar-refractivity contribution < 1.29 is 8.42 Å². The second kappa shape index (κ2) is 8.01. The maximum Gasteiger partial charge on any atom is 0.275 e. The predicted octanol–water partition coefficient (Wildman–Crippen LogP) is 4.70. The zero-order valence-electron chi connectivity index (χ0n) is 18.4. The number of benzene rings is 2. The number of aromatic nitrogens is 3. The monoisotopic (exact) mass is 457 g/mol. The van der Waals surface area contributed by atoms with E-state index in [-0.39, 0.29) is 16.2 Å². The molecule has 0 radical (unpaired) electrons. The van der Waals surface area contributed by atoms with Crippen LogP contribution in [0.3, 0.4) is 0 Å². The van der Waals surface area contributed by atoms with Gasteiger partial charge in [0, 0.05) is 28.7 Å². The van der Waals surface area contributed by atoms with E-state index in [1.54, 1.807) is 35.9 Å². The van der Waals surface area contributed by atoms with E-state index in [1.165, 1.54) is 0 Å². The highest BCUT2D eigenvalue weighted by atomic mass is 32.2. The summed E-state index contributed by atoms with van der Waals surface area (Å²) in [5.41, 5.74) is 4.43. The molecule has 0 unspecified atom stereocenters. The van der Waals surface area contributed by atoms with Crippen LogP contribution in [0.25, 0.3) is 33.1 Å². The Kier molecular flexibility index (Phi) is 5.13. The van der Waals surface area contributed by atoms with Crippen molar-refractivity contribution in [2.75, 3.05) is 5.75 Å². The standard InChI is InChI=1S/C26H23N3O3S/c1-3-33(31,32)20-11-7-10-19(13-20)22-16-29(15-18-8-5-4-6-9-18)26(30)24-23(22)21-12-17(2)14-27-25(21)28-24/h4-14,16H,3,15H2,1-2H3,(H,27,28). The van der Waals surface area contributed by atoms with E-state index in [1.807, 2.05) is 55.6 Å². The first kappa shape index (κ1) is 21.2. The third-order valence-corrected chi connectivity index (χ3v) is 7.63. The Balaban J connectivity index is 1.84. The van der Waals surface area contributed by atoms with Crippen LogP contribution >= 0.6 is 0 Å². The number of fused-ring (bicyclic) bond motifs is 3. The molecule has 0 aliphatic carbocycles. The topological polar surface area (TPSA) is 84.8 Å². The second-order valence-corrected chi connectivity index (χ2v) is 10.5. The quantitative estimate of drug-likeness (QED) is 0.415. The van der Waals surface area contributed by atoms with Gasteiger partial charge in [-0.25, -0.2) is 13.4 Å². The minimum Gasteiger partial charge on any atom is -0.335 e. The van der Waals surface area contributed by atoms with Crippen molar-refractivity contribution in [1.82, 2.24) is 14.5 Å². The zero-order valence-corrected chi connectivity index (χ0v) is 19.2. The van der Waals surface area contributed by atoms with Crippen LogP contribution in [0.5, 0.6) is 0 Å². The second-order valence-electron chi connectivity index (χ2n) is 8.18. The summed E-state index contributed by atoms with van der Waals surface area (Å²) in [6.45, 7) is 3.99. The van der Waals surface area contributed by atoms with Gasteiger partial charge in [0.25, 0.3) is 5.56 Å². The summed E-state index contributed by atoms with van der Waals surface area (Å²) in [6.07, 6.45) is 3.58. The van der Waals surface area contributed by atoms with Crippen molar-refractivity contribution in [3.8, 4) is 11.1 Å². The fourth-order valence-corrected chi connectivity index (χ4v) is 5.10. The molecule has 5 rings (SSSR count). The molecular formula is C26H23N3O3S. The summed E-state index contributed by atoms with van der Waals surface area (Å²) in [6, 6.07) is 18.7. The van der Waals surface area contributed by atoms with Crippen LogP contribution < -0.4 is 5.56 Å². The number of sulfone groups is 1. The number of aryl methyl sites for hydroxylation is 1. The number of rotatable bonds is 5. The molecular weight excluding hydrogens is 434 g/mol. The molecule has 2 aromatic carbocycles. The zero-order chi connectivity index (χ0) is 23.2. The Bertz CT molecular complexity index is 1670. The number of H-pyrrole nitrogens is 1. The van der Waals surface area contributed by atoms with Crippen LogP contribution in [-0.4, -0.2) is 28.7 Å². The molecule has 0 fully saturated rings. The summed E-state index contributed by atoms with van der Waals surface area (Å²) in [5, 5.41) is 1.59. The van der Waals surface area contributed by atoms with E-state index in [0.29, 0.717) is 17.7 Å². The summed E-state index contributed by atoms with van der Waals surface area (Å²) in [4.78, 5) is 21.4.